The molecule has 0 saturated heterocycles. The van der Waals surface area contributed by atoms with Crippen molar-refractivity contribution in [3.05, 3.63) is 59.3 Å². The summed E-state index contributed by atoms with van der Waals surface area (Å²) < 4.78 is 10.8. The van der Waals surface area contributed by atoms with Crippen LogP contribution in [0, 0.1) is 0 Å². The van der Waals surface area contributed by atoms with Gasteiger partial charge in [-0.2, -0.15) is 10.1 Å². The zero-order valence-corrected chi connectivity index (χ0v) is 16.0. The van der Waals surface area contributed by atoms with E-state index in [-0.39, 0.29) is 6.79 Å². The molecule has 28 heavy (non-hydrogen) atoms. The Bertz CT molecular complexity index is 955. The number of hydrogen-bond acceptors (Lipinski definition) is 7. The molecule has 0 saturated carbocycles. The first-order chi connectivity index (χ1) is 13.8. The van der Waals surface area contributed by atoms with E-state index in [1.807, 2.05) is 18.2 Å². The van der Waals surface area contributed by atoms with Gasteiger partial charge in [0.2, 0.25) is 12.7 Å². The van der Waals surface area contributed by atoms with Crippen LogP contribution in [0.25, 0.3) is 0 Å². The second-order valence-corrected chi connectivity index (χ2v) is 6.49. The van der Waals surface area contributed by atoms with Crippen LogP contribution >= 0.6 is 0 Å². The second-order valence-electron chi connectivity index (χ2n) is 6.49. The highest BCUT2D eigenvalue weighted by Crippen LogP contribution is 2.32. The largest absolute Gasteiger partial charge is 0.454 e. The number of nitrogens with one attached hydrogen (secondary N) is 2. The molecule has 7 heteroatoms. The number of hydrogen-bond donors (Lipinski definition) is 2. The number of benzene rings is 2. The lowest BCUT2D eigenvalue weighted by Crippen LogP contribution is -2.07. The van der Waals surface area contributed by atoms with Crippen LogP contribution < -0.4 is 20.1 Å². The van der Waals surface area contributed by atoms with Crippen LogP contribution in [0.15, 0.2) is 42.6 Å². The van der Waals surface area contributed by atoms with Crippen LogP contribution in [-0.2, 0) is 19.4 Å². The Labute approximate surface area is 164 Å². The maximum absolute atomic E-state index is 5.42. The van der Waals surface area contributed by atoms with E-state index in [0.717, 1.165) is 35.6 Å². The Morgan fingerprint density at radius 2 is 1.79 bits per heavy atom. The fraction of sp³-hybridized carbons (Fsp3) is 0.286. The van der Waals surface area contributed by atoms with E-state index in [4.69, 9.17) is 9.47 Å². The van der Waals surface area contributed by atoms with Crippen LogP contribution in [-0.4, -0.2) is 22.0 Å². The molecule has 1 aromatic heterocycles. The summed E-state index contributed by atoms with van der Waals surface area (Å²) in [6.45, 7) is 5.15. The van der Waals surface area contributed by atoms with E-state index in [1.165, 1.54) is 11.1 Å². The number of anilines is 3. The van der Waals surface area contributed by atoms with Gasteiger partial charge in [-0.25, -0.2) is 0 Å². The molecule has 0 radical (unpaired) electrons. The van der Waals surface area contributed by atoms with Crippen molar-refractivity contribution in [1.29, 1.82) is 0 Å². The molecule has 0 unspecified atom stereocenters. The molecule has 0 spiro atoms. The summed E-state index contributed by atoms with van der Waals surface area (Å²) >= 11 is 0. The Hall–Kier alpha value is -3.35. The molecular formula is C21H23N5O2. The summed E-state index contributed by atoms with van der Waals surface area (Å²) in [5.41, 5.74) is 4.62. The van der Waals surface area contributed by atoms with Crippen molar-refractivity contribution in [1.82, 2.24) is 15.2 Å². The Morgan fingerprint density at radius 1 is 1.00 bits per heavy atom. The first-order valence-electron chi connectivity index (χ1n) is 9.46. The first kappa shape index (κ1) is 18.0. The number of rotatable bonds is 7. The lowest BCUT2D eigenvalue weighted by molar-refractivity contribution is 0.174. The standard InChI is InChI=1S/C21H23N5O2/c1-3-15-6-5-7-16(4-2)20(15)25-21-24-19(12-23-26-21)22-11-14-8-9-17-18(10-14)28-13-27-17/h5-10,12H,3-4,11,13H2,1-2H3,(H2,22,24,25,26). The zero-order chi connectivity index (χ0) is 19.3. The minimum absolute atomic E-state index is 0.274. The summed E-state index contributed by atoms with van der Waals surface area (Å²) in [6.07, 6.45) is 3.49. The van der Waals surface area contributed by atoms with Gasteiger partial charge in [0.05, 0.1) is 6.20 Å². The van der Waals surface area contributed by atoms with Gasteiger partial charge in [-0.3, -0.25) is 0 Å². The molecule has 0 amide bonds. The monoisotopic (exact) mass is 377 g/mol. The van der Waals surface area contributed by atoms with Gasteiger partial charge in [-0.15, -0.1) is 5.10 Å². The minimum atomic E-state index is 0.274. The SMILES string of the molecule is CCc1cccc(CC)c1Nc1nncc(NCc2ccc3c(c2)OCO3)n1. The van der Waals surface area contributed by atoms with Gasteiger partial charge < -0.3 is 20.1 Å². The molecule has 0 bridgehead atoms. The number of ether oxygens (including phenoxy) is 2. The molecule has 1 aliphatic rings. The fourth-order valence-corrected chi connectivity index (χ4v) is 3.20. The van der Waals surface area contributed by atoms with Crippen LogP contribution in [0.3, 0.4) is 0 Å². The maximum atomic E-state index is 5.42. The maximum Gasteiger partial charge on any atom is 0.249 e. The quantitative estimate of drug-likeness (QED) is 0.642. The first-order valence-corrected chi connectivity index (χ1v) is 9.46. The Morgan fingerprint density at radius 3 is 2.57 bits per heavy atom. The molecule has 3 aromatic rings. The Balaban J connectivity index is 1.48. The molecule has 4 rings (SSSR count). The molecule has 2 aromatic carbocycles. The molecule has 1 aliphatic heterocycles. The highest BCUT2D eigenvalue weighted by molar-refractivity contribution is 5.64. The molecule has 144 valence electrons. The van der Waals surface area contributed by atoms with E-state index >= 15 is 0 Å². The molecule has 2 heterocycles. The van der Waals surface area contributed by atoms with Gasteiger partial charge in [-0.05, 0) is 41.7 Å². The number of nitrogens with zero attached hydrogens (tertiary/aromatic N) is 3. The van der Waals surface area contributed by atoms with E-state index in [1.54, 1.807) is 6.20 Å². The molecule has 2 N–H and O–H groups in total. The topological polar surface area (TPSA) is 81.2 Å². The van der Waals surface area contributed by atoms with Gasteiger partial charge in [-0.1, -0.05) is 38.1 Å². The van der Waals surface area contributed by atoms with Crippen LogP contribution in [0.2, 0.25) is 0 Å². The Kier molecular flexibility index (Phi) is 5.23. The zero-order valence-electron chi connectivity index (χ0n) is 16.0. The van der Waals surface area contributed by atoms with Crippen LogP contribution in [0.1, 0.15) is 30.5 Å². The van der Waals surface area contributed by atoms with Gasteiger partial charge in [0.1, 0.15) is 0 Å². The summed E-state index contributed by atoms with van der Waals surface area (Å²) in [7, 11) is 0. The van der Waals surface area contributed by atoms with Gasteiger partial charge in [0.25, 0.3) is 0 Å². The van der Waals surface area contributed by atoms with Crippen molar-refractivity contribution in [2.75, 3.05) is 17.4 Å². The summed E-state index contributed by atoms with van der Waals surface area (Å²) in [5, 5.41) is 14.9. The summed E-state index contributed by atoms with van der Waals surface area (Å²) in [6, 6.07) is 12.2. The van der Waals surface area contributed by atoms with E-state index in [9.17, 15) is 0 Å². The average molecular weight is 377 g/mol. The predicted octanol–water partition coefficient (Wildman–Crippen LogP) is 4.08. The lowest BCUT2D eigenvalue weighted by Gasteiger charge is -2.14. The fourth-order valence-electron chi connectivity index (χ4n) is 3.20. The molecular weight excluding hydrogens is 354 g/mol. The van der Waals surface area contributed by atoms with Gasteiger partial charge in [0.15, 0.2) is 17.3 Å². The normalized spacial score (nSPS) is 12.1. The smallest absolute Gasteiger partial charge is 0.249 e. The van der Waals surface area contributed by atoms with E-state index in [2.05, 4.69) is 57.9 Å². The van der Waals surface area contributed by atoms with Gasteiger partial charge >= 0.3 is 0 Å². The summed E-state index contributed by atoms with van der Waals surface area (Å²) in [4.78, 5) is 4.55. The van der Waals surface area contributed by atoms with Crippen molar-refractivity contribution in [3.8, 4) is 11.5 Å². The third-order valence-corrected chi connectivity index (χ3v) is 4.71. The second kappa shape index (κ2) is 8.12. The van der Waals surface area contributed by atoms with Gasteiger partial charge in [0, 0.05) is 12.2 Å². The van der Waals surface area contributed by atoms with Crippen molar-refractivity contribution >= 4 is 17.5 Å². The van der Waals surface area contributed by atoms with E-state index < -0.39 is 0 Å². The average Bonchev–Trinajstić information content (AvgIpc) is 3.20. The number of fused-ring (bicyclic) bond motifs is 1. The third kappa shape index (κ3) is 3.83. The van der Waals surface area contributed by atoms with Crippen molar-refractivity contribution in [2.24, 2.45) is 0 Å². The number of aryl methyl sites for hydroxylation is 2. The summed E-state index contributed by atoms with van der Waals surface area (Å²) in [5.74, 6) is 2.68. The van der Waals surface area contributed by atoms with Crippen LogP contribution in [0.4, 0.5) is 17.5 Å². The molecule has 0 aliphatic carbocycles. The highest BCUT2D eigenvalue weighted by Gasteiger charge is 2.13. The predicted molar refractivity (Wildman–Crippen MR) is 108 cm³/mol. The van der Waals surface area contributed by atoms with Crippen molar-refractivity contribution in [2.45, 2.75) is 33.2 Å². The highest BCUT2D eigenvalue weighted by atomic mass is 16.7. The number of aromatic nitrogens is 3. The third-order valence-electron chi connectivity index (χ3n) is 4.71. The molecule has 7 nitrogen and oxygen atoms in total. The van der Waals surface area contributed by atoms with E-state index in [0.29, 0.717) is 18.3 Å². The molecule has 0 fully saturated rings. The van der Waals surface area contributed by atoms with Crippen molar-refractivity contribution < 1.29 is 9.47 Å². The lowest BCUT2D eigenvalue weighted by atomic mass is 10.0. The number of para-hydroxylation sites is 1. The minimum Gasteiger partial charge on any atom is -0.454 e. The molecule has 0 atom stereocenters. The van der Waals surface area contributed by atoms with Crippen molar-refractivity contribution in [3.63, 3.8) is 0 Å². The van der Waals surface area contributed by atoms with Crippen LogP contribution in [0.5, 0.6) is 11.5 Å².